The first kappa shape index (κ1) is 25.3. The number of hydrazine groups is 1. The van der Waals surface area contributed by atoms with Gasteiger partial charge in [-0.2, -0.15) is 0 Å². The van der Waals surface area contributed by atoms with Gasteiger partial charge in [0, 0.05) is 17.2 Å². The van der Waals surface area contributed by atoms with E-state index < -0.39 is 17.9 Å². The van der Waals surface area contributed by atoms with Gasteiger partial charge >= 0.3 is 0 Å². The van der Waals surface area contributed by atoms with Crippen molar-refractivity contribution >= 4 is 23.4 Å². The molecular weight excluding hydrogens is 430 g/mol. The lowest BCUT2D eigenvalue weighted by Gasteiger charge is -2.20. The minimum atomic E-state index is -0.789. The first-order valence-electron chi connectivity index (χ1n) is 12.2. The number of ether oxygens (including phenoxy) is 1. The molecule has 1 aliphatic rings. The number of anilines is 1. The summed E-state index contributed by atoms with van der Waals surface area (Å²) < 4.78 is 5.87. The fourth-order valence-corrected chi connectivity index (χ4v) is 4.07. The first-order chi connectivity index (χ1) is 16.4. The Morgan fingerprint density at radius 1 is 0.941 bits per heavy atom. The molecule has 0 radical (unpaired) electrons. The van der Waals surface area contributed by atoms with Crippen LogP contribution >= 0.6 is 0 Å². The van der Waals surface area contributed by atoms with Gasteiger partial charge in [-0.15, -0.1) is 0 Å². The predicted octanol–water partition coefficient (Wildman–Crippen LogP) is 4.95. The van der Waals surface area contributed by atoms with Crippen LogP contribution in [0.5, 0.6) is 5.75 Å². The van der Waals surface area contributed by atoms with E-state index in [0.717, 1.165) is 37.7 Å². The molecule has 7 nitrogen and oxygen atoms in total. The smallest absolute Gasteiger partial charge is 0.279 e. The average molecular weight is 466 g/mol. The third kappa shape index (κ3) is 6.83. The largest absolute Gasteiger partial charge is 0.481 e. The van der Waals surface area contributed by atoms with Gasteiger partial charge in [-0.3, -0.25) is 25.2 Å². The van der Waals surface area contributed by atoms with Crippen molar-refractivity contribution in [3.05, 3.63) is 59.7 Å². The fourth-order valence-electron chi connectivity index (χ4n) is 4.07. The Hall–Kier alpha value is -3.35. The molecule has 0 aromatic heterocycles. The third-order valence-electron chi connectivity index (χ3n) is 6.43. The Bertz CT molecular complexity index is 984. The third-order valence-corrected chi connectivity index (χ3v) is 6.43. The van der Waals surface area contributed by atoms with Crippen LogP contribution in [0.3, 0.4) is 0 Å². The van der Waals surface area contributed by atoms with Gasteiger partial charge in [0.2, 0.25) is 5.91 Å². The van der Waals surface area contributed by atoms with E-state index in [1.165, 1.54) is 6.42 Å². The molecule has 0 saturated heterocycles. The Morgan fingerprint density at radius 3 is 2.29 bits per heavy atom. The van der Waals surface area contributed by atoms with Gasteiger partial charge in [0.15, 0.2) is 6.10 Å². The highest BCUT2D eigenvalue weighted by atomic mass is 16.5. The van der Waals surface area contributed by atoms with E-state index in [9.17, 15) is 14.4 Å². The van der Waals surface area contributed by atoms with Crippen molar-refractivity contribution < 1.29 is 19.1 Å². The summed E-state index contributed by atoms with van der Waals surface area (Å²) in [7, 11) is 0. The van der Waals surface area contributed by atoms with E-state index in [0.29, 0.717) is 22.9 Å². The zero-order chi connectivity index (χ0) is 24.5. The van der Waals surface area contributed by atoms with Gasteiger partial charge in [-0.1, -0.05) is 51.3 Å². The van der Waals surface area contributed by atoms with Crippen molar-refractivity contribution in [2.75, 3.05) is 5.32 Å². The summed E-state index contributed by atoms with van der Waals surface area (Å²) in [6, 6.07) is 14.3. The van der Waals surface area contributed by atoms with Gasteiger partial charge in [-0.05, 0) is 68.0 Å². The zero-order valence-electron chi connectivity index (χ0n) is 20.2. The van der Waals surface area contributed by atoms with Gasteiger partial charge in [-0.25, -0.2) is 0 Å². The highest BCUT2D eigenvalue weighted by Gasteiger charge is 2.21. The van der Waals surface area contributed by atoms with E-state index in [1.807, 2.05) is 24.3 Å². The molecule has 0 heterocycles. The SMILES string of the molecule is CCC(C)c1ccccc1OC(C)C(=O)NNC(=O)c1ccc(NC(=O)C2CCCCC2)cc1. The summed E-state index contributed by atoms with van der Waals surface area (Å²) >= 11 is 0. The molecule has 3 amide bonds. The van der Waals surface area contributed by atoms with Crippen LogP contribution in [0.25, 0.3) is 0 Å². The maximum absolute atomic E-state index is 12.5. The fraction of sp³-hybridized carbons (Fsp3) is 0.444. The predicted molar refractivity (Wildman–Crippen MR) is 132 cm³/mol. The Labute approximate surface area is 201 Å². The summed E-state index contributed by atoms with van der Waals surface area (Å²) in [5, 5.41) is 2.93. The number of benzene rings is 2. The number of carbonyl (C=O) groups excluding carboxylic acids is 3. The second-order valence-electron chi connectivity index (χ2n) is 8.95. The van der Waals surface area contributed by atoms with Gasteiger partial charge in [0.05, 0.1) is 0 Å². The van der Waals surface area contributed by atoms with E-state index in [-0.39, 0.29) is 11.8 Å². The number of carbonyl (C=O) groups is 3. The monoisotopic (exact) mass is 465 g/mol. The average Bonchev–Trinajstić information content (AvgIpc) is 2.87. The van der Waals surface area contributed by atoms with Gasteiger partial charge in [0.25, 0.3) is 11.8 Å². The standard InChI is InChI=1S/C27H35N3O4/c1-4-18(2)23-12-8-9-13-24(23)34-19(3)25(31)29-30-27(33)21-14-16-22(17-15-21)28-26(32)20-10-6-5-7-11-20/h8-9,12-20H,4-7,10-11H2,1-3H3,(H,28,32)(H,29,31)(H,30,33). The second-order valence-corrected chi connectivity index (χ2v) is 8.95. The Balaban J connectivity index is 1.49. The molecule has 1 saturated carbocycles. The van der Waals surface area contributed by atoms with Crippen LogP contribution in [0.4, 0.5) is 5.69 Å². The first-order valence-corrected chi connectivity index (χ1v) is 12.2. The van der Waals surface area contributed by atoms with Crippen LogP contribution in [0.1, 0.15) is 81.1 Å². The molecule has 0 aliphatic heterocycles. The van der Waals surface area contributed by atoms with E-state index in [1.54, 1.807) is 31.2 Å². The summed E-state index contributed by atoms with van der Waals surface area (Å²) in [6.07, 6.45) is 5.41. The summed E-state index contributed by atoms with van der Waals surface area (Å²) in [5.41, 5.74) is 6.90. The van der Waals surface area contributed by atoms with Crippen LogP contribution in [0, 0.1) is 5.92 Å². The molecule has 0 bridgehead atoms. The number of para-hydroxylation sites is 1. The summed E-state index contributed by atoms with van der Waals surface area (Å²) in [5.74, 6) is 0.161. The number of hydrogen-bond donors (Lipinski definition) is 3. The molecule has 34 heavy (non-hydrogen) atoms. The molecule has 2 aromatic carbocycles. The number of rotatable bonds is 8. The van der Waals surface area contributed by atoms with E-state index in [4.69, 9.17) is 4.74 Å². The minimum absolute atomic E-state index is 0.0352. The maximum Gasteiger partial charge on any atom is 0.279 e. The molecule has 7 heteroatoms. The molecule has 3 rings (SSSR count). The van der Waals surface area contributed by atoms with Gasteiger partial charge < -0.3 is 10.1 Å². The molecule has 3 N–H and O–H groups in total. The molecule has 182 valence electrons. The normalized spacial score (nSPS) is 15.6. The Morgan fingerprint density at radius 2 is 1.62 bits per heavy atom. The summed E-state index contributed by atoms with van der Waals surface area (Å²) in [4.78, 5) is 37.3. The lowest BCUT2D eigenvalue weighted by atomic mass is 9.88. The van der Waals surface area contributed by atoms with E-state index >= 15 is 0 Å². The number of amides is 3. The Kier molecular flexibility index (Phi) is 9.08. The van der Waals surface area contributed by atoms with Crippen LogP contribution in [0.2, 0.25) is 0 Å². The van der Waals surface area contributed by atoms with Crippen molar-refractivity contribution in [1.29, 1.82) is 0 Å². The lowest BCUT2D eigenvalue weighted by molar-refractivity contribution is -0.128. The lowest BCUT2D eigenvalue weighted by Crippen LogP contribution is -2.47. The zero-order valence-corrected chi connectivity index (χ0v) is 20.2. The number of hydrogen-bond acceptors (Lipinski definition) is 4. The van der Waals surface area contributed by atoms with Crippen LogP contribution < -0.4 is 20.9 Å². The van der Waals surface area contributed by atoms with Crippen LogP contribution in [-0.2, 0) is 9.59 Å². The highest BCUT2D eigenvalue weighted by molar-refractivity contribution is 5.97. The molecule has 2 aromatic rings. The molecule has 1 aliphatic carbocycles. The second kappa shape index (κ2) is 12.2. The molecule has 2 unspecified atom stereocenters. The molecule has 2 atom stereocenters. The highest BCUT2D eigenvalue weighted by Crippen LogP contribution is 2.29. The van der Waals surface area contributed by atoms with Gasteiger partial charge in [0.1, 0.15) is 5.75 Å². The van der Waals surface area contributed by atoms with Crippen molar-refractivity contribution in [1.82, 2.24) is 10.9 Å². The van der Waals surface area contributed by atoms with Crippen LogP contribution in [0.15, 0.2) is 48.5 Å². The van der Waals surface area contributed by atoms with Crippen LogP contribution in [-0.4, -0.2) is 23.8 Å². The maximum atomic E-state index is 12.5. The van der Waals surface area contributed by atoms with Crippen molar-refractivity contribution in [3.8, 4) is 5.75 Å². The van der Waals surface area contributed by atoms with Crippen molar-refractivity contribution in [3.63, 3.8) is 0 Å². The summed E-state index contributed by atoms with van der Waals surface area (Å²) in [6.45, 7) is 5.85. The molecule has 1 fully saturated rings. The molecule has 0 spiro atoms. The van der Waals surface area contributed by atoms with E-state index in [2.05, 4.69) is 30.0 Å². The number of nitrogens with one attached hydrogen (secondary N) is 3. The topological polar surface area (TPSA) is 96.5 Å². The minimum Gasteiger partial charge on any atom is -0.481 e. The van der Waals surface area contributed by atoms with Crippen molar-refractivity contribution in [2.24, 2.45) is 5.92 Å². The quantitative estimate of drug-likeness (QED) is 0.481. The van der Waals surface area contributed by atoms with Crippen molar-refractivity contribution in [2.45, 2.75) is 71.3 Å². The molecular formula is C27H35N3O4.